The summed E-state index contributed by atoms with van der Waals surface area (Å²) in [5, 5.41) is 10.5. The van der Waals surface area contributed by atoms with Crippen LogP contribution in [0, 0.1) is 0 Å². The maximum Gasteiger partial charge on any atom is 0.310 e. The quantitative estimate of drug-likeness (QED) is 0.678. The number of aromatic nitrogens is 1. The Labute approximate surface area is 156 Å². The summed E-state index contributed by atoms with van der Waals surface area (Å²) in [7, 11) is 0. The summed E-state index contributed by atoms with van der Waals surface area (Å²) in [4.78, 5) is 17.0. The molecule has 0 fully saturated rings. The highest BCUT2D eigenvalue weighted by molar-refractivity contribution is 9.10. The van der Waals surface area contributed by atoms with Crippen LogP contribution >= 0.6 is 27.3 Å². The van der Waals surface area contributed by atoms with Crippen molar-refractivity contribution >= 4 is 50.8 Å². The number of aromatic hydroxyl groups is 1. The molecule has 6 heteroatoms. The molecule has 2 aromatic carbocycles. The molecule has 2 heterocycles. The lowest BCUT2D eigenvalue weighted by Crippen LogP contribution is -2.13. The van der Waals surface area contributed by atoms with E-state index in [1.807, 2.05) is 54.6 Å². The highest BCUT2D eigenvalue weighted by Crippen LogP contribution is 2.34. The van der Waals surface area contributed by atoms with Gasteiger partial charge in [-0.15, -0.1) is 0 Å². The van der Waals surface area contributed by atoms with Crippen molar-refractivity contribution in [2.24, 2.45) is 4.99 Å². The van der Waals surface area contributed by atoms with Crippen molar-refractivity contribution in [1.29, 1.82) is 0 Å². The molecule has 3 aromatic rings. The Bertz CT molecular complexity index is 1060. The fourth-order valence-electron chi connectivity index (χ4n) is 2.72. The van der Waals surface area contributed by atoms with Crippen LogP contribution < -0.4 is 4.87 Å². The van der Waals surface area contributed by atoms with Crippen LogP contribution in [0.15, 0.2) is 62.8 Å². The molecule has 124 valence electrons. The van der Waals surface area contributed by atoms with Gasteiger partial charge in [-0.3, -0.25) is 14.4 Å². The topological polar surface area (TPSA) is 54.6 Å². The van der Waals surface area contributed by atoms with Gasteiger partial charge in [-0.2, -0.15) is 0 Å². The van der Waals surface area contributed by atoms with Crippen LogP contribution in [0.5, 0.6) is 5.88 Å². The number of fused-ring (bicyclic) bond motifs is 1. The van der Waals surface area contributed by atoms with Crippen LogP contribution in [-0.4, -0.2) is 15.9 Å². The summed E-state index contributed by atoms with van der Waals surface area (Å²) in [5.74, 6) is -0.0109. The molecule has 0 unspecified atom stereocenters. The molecule has 0 aliphatic carbocycles. The van der Waals surface area contributed by atoms with E-state index >= 15 is 0 Å². The molecular formula is C19H13BrN2O2S. The van der Waals surface area contributed by atoms with Gasteiger partial charge in [0, 0.05) is 21.8 Å². The highest BCUT2D eigenvalue weighted by atomic mass is 79.9. The SMILES string of the molecule is O=c1sc(C=C2C=Nc3ccccc32)c(O)n1Cc1ccc(Br)cc1. The van der Waals surface area contributed by atoms with Gasteiger partial charge in [0.1, 0.15) is 0 Å². The molecule has 1 aliphatic rings. The minimum Gasteiger partial charge on any atom is -0.493 e. The lowest BCUT2D eigenvalue weighted by atomic mass is 10.1. The normalized spacial score (nSPS) is 14.2. The number of benzene rings is 2. The smallest absolute Gasteiger partial charge is 0.310 e. The maximum atomic E-state index is 12.3. The van der Waals surface area contributed by atoms with Gasteiger partial charge in [-0.1, -0.05) is 57.6 Å². The van der Waals surface area contributed by atoms with Gasteiger partial charge in [0.15, 0.2) is 0 Å². The zero-order valence-electron chi connectivity index (χ0n) is 13.0. The average Bonchev–Trinajstić information content (AvgIpc) is 3.14. The second kappa shape index (κ2) is 6.46. The van der Waals surface area contributed by atoms with E-state index in [0.29, 0.717) is 11.4 Å². The van der Waals surface area contributed by atoms with Crippen molar-refractivity contribution in [2.45, 2.75) is 6.54 Å². The first kappa shape index (κ1) is 16.1. The summed E-state index contributed by atoms with van der Waals surface area (Å²) >= 11 is 4.43. The zero-order valence-corrected chi connectivity index (χ0v) is 15.4. The van der Waals surface area contributed by atoms with Crippen LogP contribution in [0.3, 0.4) is 0 Å². The van der Waals surface area contributed by atoms with Gasteiger partial charge in [0.05, 0.1) is 17.1 Å². The molecule has 0 atom stereocenters. The Hall–Kier alpha value is -2.44. The molecule has 0 spiro atoms. The molecule has 4 rings (SSSR count). The molecule has 4 nitrogen and oxygen atoms in total. The molecule has 25 heavy (non-hydrogen) atoms. The van der Waals surface area contributed by atoms with E-state index in [1.54, 1.807) is 6.21 Å². The Balaban J connectivity index is 1.69. The molecular weight excluding hydrogens is 400 g/mol. The fourth-order valence-corrected chi connectivity index (χ4v) is 3.82. The summed E-state index contributed by atoms with van der Waals surface area (Å²) < 4.78 is 2.36. The molecule has 1 aromatic heterocycles. The third-order valence-corrected chi connectivity index (χ3v) is 5.44. The van der Waals surface area contributed by atoms with E-state index in [1.165, 1.54) is 4.57 Å². The molecule has 0 bridgehead atoms. The Kier molecular flexibility index (Phi) is 4.15. The Morgan fingerprint density at radius 3 is 2.72 bits per heavy atom. The summed E-state index contributed by atoms with van der Waals surface area (Å²) in [5.41, 5.74) is 3.74. The molecule has 1 aliphatic heterocycles. The van der Waals surface area contributed by atoms with E-state index < -0.39 is 0 Å². The van der Waals surface area contributed by atoms with E-state index in [0.717, 1.165) is 38.2 Å². The minimum atomic E-state index is -0.185. The first-order valence-electron chi connectivity index (χ1n) is 7.64. The van der Waals surface area contributed by atoms with Crippen molar-refractivity contribution in [3.05, 3.63) is 78.7 Å². The molecule has 0 amide bonds. The number of hydrogen-bond acceptors (Lipinski definition) is 4. The lowest BCUT2D eigenvalue weighted by Gasteiger charge is -2.04. The van der Waals surface area contributed by atoms with Gasteiger partial charge in [-0.05, 0) is 29.8 Å². The van der Waals surface area contributed by atoms with Crippen molar-refractivity contribution in [3.8, 4) is 5.88 Å². The van der Waals surface area contributed by atoms with Gasteiger partial charge in [0.25, 0.3) is 0 Å². The molecule has 1 N–H and O–H groups in total. The third-order valence-electron chi connectivity index (χ3n) is 3.99. The number of thiazole rings is 1. The van der Waals surface area contributed by atoms with Gasteiger partial charge < -0.3 is 5.11 Å². The number of hydrogen-bond donors (Lipinski definition) is 1. The number of para-hydroxylation sites is 1. The van der Waals surface area contributed by atoms with Crippen LogP contribution in [0.1, 0.15) is 16.0 Å². The summed E-state index contributed by atoms with van der Waals surface area (Å²) in [6, 6.07) is 15.5. The predicted molar refractivity (Wildman–Crippen MR) is 106 cm³/mol. The van der Waals surface area contributed by atoms with Crippen LogP contribution in [0.25, 0.3) is 11.6 Å². The number of rotatable bonds is 3. The molecule has 0 saturated heterocycles. The van der Waals surface area contributed by atoms with Crippen molar-refractivity contribution in [2.75, 3.05) is 0 Å². The van der Waals surface area contributed by atoms with Gasteiger partial charge in [-0.25, -0.2) is 0 Å². The fraction of sp³-hybridized carbons (Fsp3) is 0.0526. The first-order valence-corrected chi connectivity index (χ1v) is 9.25. The molecule has 0 saturated carbocycles. The molecule has 0 radical (unpaired) electrons. The average molecular weight is 413 g/mol. The Morgan fingerprint density at radius 2 is 1.92 bits per heavy atom. The summed E-state index contributed by atoms with van der Waals surface area (Å²) in [6.07, 6.45) is 3.57. The van der Waals surface area contributed by atoms with E-state index in [4.69, 9.17) is 0 Å². The van der Waals surface area contributed by atoms with Crippen molar-refractivity contribution in [1.82, 2.24) is 4.57 Å². The maximum absolute atomic E-state index is 12.3. The number of allylic oxidation sites excluding steroid dienone is 1. The predicted octanol–water partition coefficient (Wildman–Crippen LogP) is 4.68. The lowest BCUT2D eigenvalue weighted by molar-refractivity contribution is 0.420. The zero-order chi connectivity index (χ0) is 17.4. The third kappa shape index (κ3) is 3.10. The monoisotopic (exact) mass is 412 g/mol. The van der Waals surface area contributed by atoms with Crippen LogP contribution in [-0.2, 0) is 6.54 Å². The van der Waals surface area contributed by atoms with E-state index in [2.05, 4.69) is 20.9 Å². The largest absolute Gasteiger partial charge is 0.493 e. The van der Waals surface area contributed by atoms with E-state index in [9.17, 15) is 9.90 Å². The second-order valence-electron chi connectivity index (χ2n) is 5.64. The van der Waals surface area contributed by atoms with Crippen LogP contribution in [0.2, 0.25) is 0 Å². The Morgan fingerprint density at radius 1 is 1.16 bits per heavy atom. The highest BCUT2D eigenvalue weighted by Gasteiger charge is 2.16. The number of nitrogens with zero attached hydrogens (tertiary/aromatic N) is 2. The van der Waals surface area contributed by atoms with Gasteiger partial charge >= 0.3 is 4.87 Å². The van der Waals surface area contributed by atoms with E-state index in [-0.39, 0.29) is 10.8 Å². The first-order chi connectivity index (χ1) is 12.1. The van der Waals surface area contributed by atoms with Crippen LogP contribution in [0.4, 0.5) is 5.69 Å². The number of halogens is 1. The second-order valence-corrected chi connectivity index (χ2v) is 7.55. The summed E-state index contributed by atoms with van der Waals surface area (Å²) in [6.45, 7) is 0.336. The van der Waals surface area contributed by atoms with Gasteiger partial charge in [0.2, 0.25) is 5.88 Å². The van der Waals surface area contributed by atoms with Crippen molar-refractivity contribution in [3.63, 3.8) is 0 Å². The standard InChI is InChI=1S/C19H13BrN2O2S/c20-14-7-5-12(6-8-14)11-22-18(23)17(25-19(22)24)9-13-10-21-16-4-2-1-3-15(13)16/h1-10,23H,11H2. The van der Waals surface area contributed by atoms with Crippen molar-refractivity contribution < 1.29 is 5.11 Å². The minimum absolute atomic E-state index is 0.0109. The number of aliphatic imine (C=N–C) groups is 1.